The van der Waals surface area contributed by atoms with Crippen molar-refractivity contribution in [2.75, 3.05) is 13.1 Å². The molecule has 4 nitrogen and oxygen atoms in total. The molecule has 1 amide bonds. The average Bonchev–Trinajstić information content (AvgIpc) is 2.53. The van der Waals surface area contributed by atoms with Gasteiger partial charge in [0.05, 0.1) is 5.02 Å². The molecule has 2 aromatic rings. The molecule has 3 rings (SSSR count). The van der Waals surface area contributed by atoms with Gasteiger partial charge in [0.25, 0.3) is 5.91 Å². The summed E-state index contributed by atoms with van der Waals surface area (Å²) in [6.45, 7) is 1.47. The Morgan fingerprint density at radius 1 is 1.26 bits per heavy atom. The van der Waals surface area contributed by atoms with Crippen molar-refractivity contribution in [1.29, 1.82) is 0 Å². The summed E-state index contributed by atoms with van der Waals surface area (Å²) < 4.78 is 0. The molecule has 1 atom stereocenters. The Balaban J connectivity index is 0.00000132. The molecule has 0 aliphatic carbocycles. The van der Waals surface area contributed by atoms with E-state index in [4.69, 9.17) is 11.6 Å². The summed E-state index contributed by atoms with van der Waals surface area (Å²) in [5, 5.41) is 6.88. The molecule has 124 valence electrons. The average molecular weight is 375 g/mol. The van der Waals surface area contributed by atoms with Gasteiger partial charge in [0.2, 0.25) is 0 Å². The maximum absolute atomic E-state index is 12.1. The van der Waals surface area contributed by atoms with Gasteiger partial charge in [0.15, 0.2) is 0 Å². The lowest BCUT2D eigenvalue weighted by Crippen LogP contribution is -2.39. The van der Waals surface area contributed by atoms with Gasteiger partial charge in [-0.25, -0.2) is 4.98 Å². The number of carbonyl (C=O) groups excluding carboxylic acids is 1. The summed E-state index contributed by atoms with van der Waals surface area (Å²) in [4.78, 5) is 16.1. The quantitative estimate of drug-likeness (QED) is 0.867. The molecule has 1 unspecified atom stereocenters. The number of nitrogens with one attached hydrogen (secondary N) is 2. The number of fused-ring (bicyclic) bond motifs is 1. The van der Waals surface area contributed by atoms with Crippen LogP contribution < -0.4 is 10.6 Å². The molecule has 0 saturated carbocycles. The van der Waals surface area contributed by atoms with Crippen molar-refractivity contribution < 1.29 is 4.79 Å². The van der Waals surface area contributed by atoms with Gasteiger partial charge in [0.1, 0.15) is 5.69 Å². The Hall–Kier alpha value is -1.33. The van der Waals surface area contributed by atoms with Crippen LogP contribution in [-0.4, -0.2) is 24.0 Å². The van der Waals surface area contributed by atoms with Gasteiger partial charge >= 0.3 is 0 Å². The highest BCUT2D eigenvalue weighted by atomic mass is 35.5. The van der Waals surface area contributed by atoms with Crippen molar-refractivity contribution >= 4 is 42.3 Å². The molecule has 0 saturated heterocycles. The van der Waals surface area contributed by atoms with E-state index in [2.05, 4.69) is 33.8 Å². The van der Waals surface area contributed by atoms with Crippen LogP contribution in [0.5, 0.6) is 0 Å². The highest BCUT2D eigenvalue weighted by Gasteiger charge is 2.19. The van der Waals surface area contributed by atoms with E-state index in [9.17, 15) is 4.79 Å². The van der Waals surface area contributed by atoms with E-state index in [1.54, 1.807) is 12.1 Å². The second kappa shape index (κ2) is 9.08. The molecule has 7 heteroatoms. The van der Waals surface area contributed by atoms with E-state index in [1.165, 1.54) is 17.3 Å². The smallest absolute Gasteiger partial charge is 0.269 e. The number of halogens is 3. The number of rotatable bonds is 3. The van der Waals surface area contributed by atoms with Gasteiger partial charge in [-0.15, -0.1) is 24.8 Å². The molecule has 1 aromatic heterocycles. The zero-order chi connectivity index (χ0) is 14.7. The lowest BCUT2D eigenvalue weighted by atomic mass is 9.94. The van der Waals surface area contributed by atoms with Gasteiger partial charge in [-0.1, -0.05) is 35.9 Å². The predicted molar refractivity (Wildman–Crippen MR) is 97.0 cm³/mol. The maximum Gasteiger partial charge on any atom is 0.269 e. The summed E-state index contributed by atoms with van der Waals surface area (Å²) in [7, 11) is 0. The molecule has 0 fully saturated rings. The third-order valence-corrected chi connectivity index (χ3v) is 3.87. The first-order valence-electron chi connectivity index (χ1n) is 6.95. The SMILES string of the molecule is Cl.Cl.O=C(NCC1NCCc2ccccc21)c1ccc(Cl)cn1. The molecule has 0 bridgehead atoms. The summed E-state index contributed by atoms with van der Waals surface area (Å²) in [6.07, 6.45) is 2.50. The second-order valence-electron chi connectivity index (χ2n) is 5.03. The topological polar surface area (TPSA) is 54.0 Å². The number of hydrogen-bond donors (Lipinski definition) is 2. The first-order valence-corrected chi connectivity index (χ1v) is 7.33. The van der Waals surface area contributed by atoms with E-state index in [0.717, 1.165) is 13.0 Å². The number of hydrogen-bond acceptors (Lipinski definition) is 3. The summed E-state index contributed by atoms with van der Waals surface area (Å²) in [5.74, 6) is -0.184. The maximum atomic E-state index is 12.1. The molecule has 2 heterocycles. The Labute approximate surface area is 152 Å². The molecule has 2 N–H and O–H groups in total. The van der Waals surface area contributed by atoms with Crippen LogP contribution in [0.1, 0.15) is 27.7 Å². The van der Waals surface area contributed by atoms with Gasteiger partial charge in [0, 0.05) is 18.8 Å². The number of benzene rings is 1. The highest BCUT2D eigenvalue weighted by Crippen LogP contribution is 2.21. The van der Waals surface area contributed by atoms with Crippen molar-refractivity contribution in [2.24, 2.45) is 0 Å². The third-order valence-electron chi connectivity index (χ3n) is 3.64. The fourth-order valence-electron chi connectivity index (χ4n) is 2.57. The van der Waals surface area contributed by atoms with Crippen LogP contribution in [0.15, 0.2) is 42.6 Å². The van der Waals surface area contributed by atoms with E-state index in [1.807, 2.05) is 6.07 Å². The molecular formula is C16H18Cl3N3O. The molecule has 23 heavy (non-hydrogen) atoms. The lowest BCUT2D eigenvalue weighted by Gasteiger charge is -2.27. The van der Waals surface area contributed by atoms with Crippen molar-refractivity contribution in [3.63, 3.8) is 0 Å². The Kier molecular flexibility index (Phi) is 7.79. The Bertz CT molecular complexity index is 649. The fourth-order valence-corrected chi connectivity index (χ4v) is 2.68. The first kappa shape index (κ1) is 19.7. The first-order chi connectivity index (χ1) is 10.2. The largest absolute Gasteiger partial charge is 0.349 e. The zero-order valence-electron chi connectivity index (χ0n) is 12.3. The van der Waals surface area contributed by atoms with E-state index >= 15 is 0 Å². The van der Waals surface area contributed by atoms with Crippen molar-refractivity contribution in [1.82, 2.24) is 15.6 Å². The fraction of sp³-hybridized carbons (Fsp3) is 0.250. The van der Waals surface area contributed by atoms with Crippen LogP contribution in [0.2, 0.25) is 5.02 Å². The van der Waals surface area contributed by atoms with E-state index in [0.29, 0.717) is 17.3 Å². The zero-order valence-corrected chi connectivity index (χ0v) is 14.7. The Morgan fingerprint density at radius 2 is 2.04 bits per heavy atom. The number of pyridine rings is 1. The normalized spacial score (nSPS) is 15.6. The van der Waals surface area contributed by atoms with Crippen LogP contribution in [-0.2, 0) is 6.42 Å². The highest BCUT2D eigenvalue weighted by molar-refractivity contribution is 6.30. The van der Waals surface area contributed by atoms with Crippen LogP contribution in [0.4, 0.5) is 0 Å². The number of amides is 1. The van der Waals surface area contributed by atoms with Crippen LogP contribution in [0, 0.1) is 0 Å². The molecule has 0 radical (unpaired) electrons. The molecule has 0 spiro atoms. The van der Waals surface area contributed by atoms with E-state index in [-0.39, 0.29) is 36.8 Å². The Morgan fingerprint density at radius 3 is 2.78 bits per heavy atom. The minimum Gasteiger partial charge on any atom is -0.349 e. The molecule has 1 aromatic carbocycles. The monoisotopic (exact) mass is 373 g/mol. The van der Waals surface area contributed by atoms with E-state index < -0.39 is 0 Å². The third kappa shape index (κ3) is 4.82. The molecular weight excluding hydrogens is 357 g/mol. The van der Waals surface area contributed by atoms with Crippen LogP contribution in [0.3, 0.4) is 0 Å². The minimum absolute atomic E-state index is 0. The summed E-state index contributed by atoms with van der Waals surface area (Å²) >= 11 is 5.77. The number of nitrogens with zero attached hydrogens (tertiary/aromatic N) is 1. The number of carbonyl (C=O) groups is 1. The predicted octanol–water partition coefficient (Wildman–Crippen LogP) is 3.20. The van der Waals surface area contributed by atoms with Gasteiger partial charge in [-0.3, -0.25) is 4.79 Å². The number of aromatic nitrogens is 1. The van der Waals surface area contributed by atoms with Gasteiger partial charge in [-0.05, 0) is 36.2 Å². The van der Waals surface area contributed by atoms with Crippen LogP contribution in [0.25, 0.3) is 0 Å². The summed E-state index contributed by atoms with van der Waals surface area (Å²) in [6, 6.07) is 11.8. The lowest BCUT2D eigenvalue weighted by molar-refractivity contribution is 0.0944. The van der Waals surface area contributed by atoms with Crippen LogP contribution >= 0.6 is 36.4 Å². The van der Waals surface area contributed by atoms with Crippen molar-refractivity contribution in [3.05, 3.63) is 64.4 Å². The van der Waals surface area contributed by atoms with Gasteiger partial charge < -0.3 is 10.6 Å². The van der Waals surface area contributed by atoms with Crippen molar-refractivity contribution in [2.45, 2.75) is 12.5 Å². The van der Waals surface area contributed by atoms with Crippen molar-refractivity contribution in [3.8, 4) is 0 Å². The van der Waals surface area contributed by atoms with Gasteiger partial charge in [-0.2, -0.15) is 0 Å². The molecule has 1 aliphatic heterocycles. The minimum atomic E-state index is -0.184. The summed E-state index contributed by atoms with van der Waals surface area (Å²) in [5.41, 5.74) is 2.98. The second-order valence-corrected chi connectivity index (χ2v) is 5.46. The standard InChI is InChI=1S/C16H16ClN3O.2ClH/c17-12-5-6-14(19-9-12)16(21)20-10-15-13-4-2-1-3-11(13)7-8-18-15;;/h1-6,9,15,18H,7-8,10H2,(H,20,21);2*1H. The molecule has 1 aliphatic rings.